The first-order valence-corrected chi connectivity index (χ1v) is 7.62. The van der Waals surface area contributed by atoms with Gasteiger partial charge in [-0.15, -0.1) is 0 Å². The van der Waals surface area contributed by atoms with Crippen LogP contribution in [-0.4, -0.2) is 17.0 Å². The summed E-state index contributed by atoms with van der Waals surface area (Å²) in [5, 5.41) is 11.8. The van der Waals surface area contributed by atoms with E-state index in [0.717, 1.165) is 14.7 Å². The summed E-state index contributed by atoms with van der Waals surface area (Å²) in [4.78, 5) is 23.1. The van der Waals surface area contributed by atoms with E-state index in [9.17, 15) is 9.59 Å². The van der Waals surface area contributed by atoms with Crippen LogP contribution in [0.25, 0.3) is 6.08 Å². The van der Waals surface area contributed by atoms with Gasteiger partial charge in [0, 0.05) is 9.65 Å². The summed E-state index contributed by atoms with van der Waals surface area (Å²) in [7, 11) is 0. The maximum absolute atomic E-state index is 11.9. The van der Waals surface area contributed by atoms with Crippen molar-refractivity contribution < 1.29 is 14.7 Å². The second-order valence-corrected chi connectivity index (χ2v) is 5.97. The monoisotopic (exact) mass is 407 g/mol. The van der Waals surface area contributed by atoms with Crippen LogP contribution >= 0.6 is 22.6 Å². The molecule has 2 rings (SSSR count). The lowest BCUT2D eigenvalue weighted by atomic mass is 10.1. The smallest absolute Gasteiger partial charge is 0.337 e. The van der Waals surface area contributed by atoms with E-state index in [4.69, 9.17) is 5.11 Å². The maximum atomic E-state index is 11.9. The Morgan fingerprint density at radius 3 is 2.45 bits per heavy atom. The number of carboxylic acids is 1. The Hall–Kier alpha value is -2.15. The van der Waals surface area contributed by atoms with Crippen molar-refractivity contribution >= 4 is 46.2 Å². The molecule has 2 aromatic rings. The number of carbonyl (C=O) groups excluding carboxylic acids is 1. The van der Waals surface area contributed by atoms with Crippen LogP contribution in [0, 0.1) is 10.5 Å². The fraction of sp³-hybridized carbons (Fsp3) is 0.0588. The third-order valence-corrected chi connectivity index (χ3v) is 3.65. The SMILES string of the molecule is Cc1ccc(/C=C/C(=O)Nc2ccc(I)cc2C(=O)O)cc1. The standard InChI is InChI=1S/C17H14INO3/c1-11-2-4-12(5-3-11)6-9-16(20)19-15-8-7-13(18)10-14(15)17(21)22/h2-10H,1H3,(H,19,20)(H,21,22)/b9-6+. The molecule has 22 heavy (non-hydrogen) atoms. The highest BCUT2D eigenvalue weighted by molar-refractivity contribution is 14.1. The van der Waals surface area contributed by atoms with Gasteiger partial charge in [-0.1, -0.05) is 29.8 Å². The summed E-state index contributed by atoms with van der Waals surface area (Å²) in [5.74, 6) is -1.44. The van der Waals surface area contributed by atoms with Crippen LogP contribution < -0.4 is 5.32 Å². The Kier molecular flexibility index (Phi) is 5.32. The maximum Gasteiger partial charge on any atom is 0.337 e. The van der Waals surface area contributed by atoms with Crippen LogP contribution in [-0.2, 0) is 4.79 Å². The fourth-order valence-electron chi connectivity index (χ4n) is 1.83. The van der Waals surface area contributed by atoms with Crippen LogP contribution in [0.5, 0.6) is 0 Å². The molecule has 0 heterocycles. The molecule has 2 N–H and O–H groups in total. The van der Waals surface area contributed by atoms with Crippen molar-refractivity contribution in [3.05, 3.63) is 68.8 Å². The summed E-state index contributed by atoms with van der Waals surface area (Å²) in [6, 6.07) is 12.6. The van der Waals surface area contributed by atoms with Crippen molar-refractivity contribution in [3.8, 4) is 0 Å². The number of aryl methyl sites for hydroxylation is 1. The number of amides is 1. The predicted octanol–water partition coefficient (Wildman–Crippen LogP) is 3.95. The van der Waals surface area contributed by atoms with Crippen molar-refractivity contribution in [2.45, 2.75) is 6.92 Å². The van der Waals surface area contributed by atoms with Gasteiger partial charge in [0.05, 0.1) is 11.3 Å². The molecule has 2 aromatic carbocycles. The number of aromatic carboxylic acids is 1. The van der Waals surface area contributed by atoms with Gasteiger partial charge >= 0.3 is 5.97 Å². The number of benzene rings is 2. The van der Waals surface area contributed by atoms with Crippen LogP contribution in [0.15, 0.2) is 48.5 Å². The molecule has 0 radical (unpaired) electrons. The molecule has 0 aliphatic carbocycles. The number of nitrogens with one attached hydrogen (secondary N) is 1. The molecule has 0 unspecified atom stereocenters. The van der Waals surface area contributed by atoms with Gasteiger partial charge in [-0.05, 0) is 59.4 Å². The van der Waals surface area contributed by atoms with E-state index in [1.165, 1.54) is 12.1 Å². The lowest BCUT2D eigenvalue weighted by Crippen LogP contribution is -2.12. The molecule has 5 heteroatoms. The molecule has 4 nitrogen and oxygen atoms in total. The van der Waals surface area contributed by atoms with E-state index in [1.807, 2.05) is 53.8 Å². The van der Waals surface area contributed by atoms with E-state index in [-0.39, 0.29) is 17.2 Å². The average Bonchev–Trinajstić information content (AvgIpc) is 2.48. The Morgan fingerprint density at radius 1 is 1.14 bits per heavy atom. The van der Waals surface area contributed by atoms with Gasteiger partial charge in [0.25, 0.3) is 0 Å². The molecule has 0 atom stereocenters. The van der Waals surface area contributed by atoms with E-state index in [1.54, 1.807) is 18.2 Å². The van der Waals surface area contributed by atoms with Crippen molar-refractivity contribution in [3.63, 3.8) is 0 Å². The second-order valence-electron chi connectivity index (χ2n) is 4.73. The van der Waals surface area contributed by atoms with Gasteiger partial charge < -0.3 is 10.4 Å². The van der Waals surface area contributed by atoms with Gasteiger partial charge in [0.15, 0.2) is 0 Å². The molecule has 0 aliphatic heterocycles. The Labute approximate surface area is 142 Å². The number of hydrogen-bond donors (Lipinski definition) is 2. The summed E-state index contributed by atoms with van der Waals surface area (Å²) in [6.45, 7) is 1.99. The van der Waals surface area contributed by atoms with Crippen molar-refractivity contribution in [1.82, 2.24) is 0 Å². The largest absolute Gasteiger partial charge is 0.478 e. The molecule has 1 amide bonds. The zero-order chi connectivity index (χ0) is 16.1. The van der Waals surface area contributed by atoms with E-state index in [2.05, 4.69) is 5.32 Å². The zero-order valence-electron chi connectivity index (χ0n) is 11.8. The third kappa shape index (κ3) is 4.42. The van der Waals surface area contributed by atoms with Gasteiger partial charge in [0.2, 0.25) is 5.91 Å². The first-order valence-electron chi connectivity index (χ1n) is 6.54. The van der Waals surface area contributed by atoms with Crippen molar-refractivity contribution in [1.29, 1.82) is 0 Å². The number of halogens is 1. The lowest BCUT2D eigenvalue weighted by molar-refractivity contribution is -0.111. The molecule has 0 aliphatic rings. The highest BCUT2D eigenvalue weighted by Gasteiger charge is 2.11. The minimum Gasteiger partial charge on any atom is -0.478 e. The number of anilines is 1. The second kappa shape index (κ2) is 7.22. The Morgan fingerprint density at radius 2 is 1.82 bits per heavy atom. The highest BCUT2D eigenvalue weighted by Crippen LogP contribution is 2.19. The van der Waals surface area contributed by atoms with E-state index < -0.39 is 5.97 Å². The fourth-order valence-corrected chi connectivity index (χ4v) is 2.32. The zero-order valence-corrected chi connectivity index (χ0v) is 14.0. The van der Waals surface area contributed by atoms with Gasteiger partial charge in [-0.25, -0.2) is 4.79 Å². The summed E-state index contributed by atoms with van der Waals surface area (Å²) in [6.07, 6.45) is 3.07. The quantitative estimate of drug-likeness (QED) is 0.596. The molecule has 0 saturated heterocycles. The van der Waals surface area contributed by atoms with Crippen LogP contribution in [0.1, 0.15) is 21.5 Å². The molecular formula is C17H14INO3. The molecule has 0 fully saturated rings. The third-order valence-electron chi connectivity index (χ3n) is 2.97. The van der Waals surface area contributed by atoms with Gasteiger partial charge in [0.1, 0.15) is 0 Å². The topological polar surface area (TPSA) is 66.4 Å². The minimum absolute atomic E-state index is 0.0731. The molecule has 112 valence electrons. The van der Waals surface area contributed by atoms with Gasteiger partial charge in [-0.2, -0.15) is 0 Å². The van der Waals surface area contributed by atoms with Gasteiger partial charge in [-0.3, -0.25) is 4.79 Å². The predicted molar refractivity (Wildman–Crippen MR) is 95.0 cm³/mol. The van der Waals surface area contributed by atoms with Crippen LogP contribution in [0.4, 0.5) is 5.69 Å². The average molecular weight is 407 g/mol. The van der Waals surface area contributed by atoms with Crippen molar-refractivity contribution in [2.75, 3.05) is 5.32 Å². The molecule has 0 aromatic heterocycles. The first kappa shape index (κ1) is 16.2. The number of carbonyl (C=O) groups is 2. The Balaban J connectivity index is 2.12. The van der Waals surface area contributed by atoms with Crippen LogP contribution in [0.2, 0.25) is 0 Å². The molecule has 0 spiro atoms. The van der Waals surface area contributed by atoms with E-state index >= 15 is 0 Å². The number of carboxylic acid groups (broad SMARTS) is 1. The normalized spacial score (nSPS) is 10.6. The summed E-state index contributed by atoms with van der Waals surface area (Å²) >= 11 is 2.03. The number of hydrogen-bond acceptors (Lipinski definition) is 2. The lowest BCUT2D eigenvalue weighted by Gasteiger charge is -2.07. The van der Waals surface area contributed by atoms with Crippen LogP contribution in [0.3, 0.4) is 0 Å². The number of rotatable bonds is 4. The first-order chi connectivity index (χ1) is 10.5. The molecule has 0 bridgehead atoms. The summed E-state index contributed by atoms with van der Waals surface area (Å²) in [5.41, 5.74) is 2.41. The molecular weight excluding hydrogens is 393 g/mol. The van der Waals surface area contributed by atoms with E-state index in [0.29, 0.717) is 0 Å². The molecule has 0 saturated carbocycles. The minimum atomic E-state index is -1.07. The highest BCUT2D eigenvalue weighted by atomic mass is 127. The Bertz CT molecular complexity index is 736. The van der Waals surface area contributed by atoms with Crippen molar-refractivity contribution in [2.24, 2.45) is 0 Å². The summed E-state index contributed by atoms with van der Waals surface area (Å²) < 4.78 is 0.795.